The van der Waals surface area contributed by atoms with Crippen molar-refractivity contribution in [2.24, 2.45) is 20.0 Å². The van der Waals surface area contributed by atoms with Crippen molar-refractivity contribution in [1.82, 2.24) is 28.8 Å². The molecule has 0 aromatic carbocycles. The number of hydrogen-bond donors (Lipinski definition) is 0. The van der Waals surface area contributed by atoms with E-state index in [1.54, 1.807) is 43.8 Å². The van der Waals surface area contributed by atoms with Gasteiger partial charge in [0.05, 0.1) is 41.3 Å². The number of carbonyl (C=O) groups excluding carboxylic acids is 1. The molecule has 1 amide bonds. The van der Waals surface area contributed by atoms with Crippen molar-refractivity contribution in [2.45, 2.75) is 31.2 Å². The van der Waals surface area contributed by atoms with Crippen LogP contribution in [0.25, 0.3) is 0 Å². The highest BCUT2D eigenvalue weighted by Crippen LogP contribution is 2.27. The van der Waals surface area contributed by atoms with Crippen LogP contribution >= 0.6 is 11.6 Å². The maximum Gasteiger partial charge on any atom is 0.246 e. The normalized spacial score (nSPS) is 18.4. The van der Waals surface area contributed by atoms with Crippen LogP contribution in [0.2, 0.25) is 5.02 Å². The molecule has 1 unspecified atom stereocenters. The second-order valence-corrected chi connectivity index (χ2v) is 9.49. The summed E-state index contributed by atoms with van der Waals surface area (Å²) in [6, 6.07) is 0. The Bertz CT molecular complexity index is 964. The Kier molecular flexibility index (Phi) is 5.83. The molecule has 1 atom stereocenters. The van der Waals surface area contributed by atoms with E-state index in [1.807, 2.05) is 0 Å². The second kappa shape index (κ2) is 7.84. The fourth-order valence-electron chi connectivity index (χ4n) is 3.46. The topological polar surface area (TPSA) is 93.3 Å². The number of aryl methyl sites for hydroxylation is 2. The van der Waals surface area contributed by atoms with Crippen LogP contribution in [0, 0.1) is 12.8 Å². The van der Waals surface area contributed by atoms with Crippen molar-refractivity contribution < 1.29 is 13.2 Å². The number of piperidine rings is 1. The van der Waals surface area contributed by atoms with Gasteiger partial charge in [0.2, 0.25) is 15.9 Å². The van der Waals surface area contributed by atoms with E-state index in [9.17, 15) is 13.2 Å². The molecule has 0 spiro atoms. The highest BCUT2D eigenvalue weighted by atomic mass is 35.5. The van der Waals surface area contributed by atoms with Crippen LogP contribution in [0.5, 0.6) is 0 Å². The molecule has 1 aliphatic rings. The van der Waals surface area contributed by atoms with Gasteiger partial charge in [0.25, 0.3) is 0 Å². The van der Waals surface area contributed by atoms with Crippen LogP contribution in [0.1, 0.15) is 24.2 Å². The van der Waals surface area contributed by atoms with Gasteiger partial charge >= 0.3 is 0 Å². The van der Waals surface area contributed by atoms with E-state index in [-0.39, 0.29) is 17.3 Å². The number of aromatic nitrogens is 4. The number of hydrogen-bond acceptors (Lipinski definition) is 5. The van der Waals surface area contributed by atoms with E-state index in [0.29, 0.717) is 36.6 Å². The molecule has 0 saturated carbocycles. The standard InChI is InChI=1S/C17H25ClN6O3S/c1-12-16(9-20-22(12)3)28(26,27)24-7-5-6-13(10-24)17(25)21(2)11-15-14(18)8-19-23(15)4/h8-9,13H,5-7,10-11H2,1-4H3. The predicted molar refractivity (Wildman–Crippen MR) is 104 cm³/mol. The zero-order chi connectivity index (χ0) is 20.6. The maximum atomic E-state index is 13.0. The summed E-state index contributed by atoms with van der Waals surface area (Å²) >= 11 is 6.13. The van der Waals surface area contributed by atoms with Gasteiger partial charge < -0.3 is 4.90 Å². The molecule has 1 saturated heterocycles. The van der Waals surface area contributed by atoms with E-state index in [1.165, 1.54) is 15.2 Å². The predicted octanol–water partition coefficient (Wildman–Crippen LogP) is 1.17. The van der Waals surface area contributed by atoms with Gasteiger partial charge in [-0.3, -0.25) is 14.2 Å². The van der Waals surface area contributed by atoms with Crippen molar-refractivity contribution >= 4 is 27.5 Å². The molecule has 3 heterocycles. The summed E-state index contributed by atoms with van der Waals surface area (Å²) in [7, 11) is 1.49. The Morgan fingerprint density at radius 3 is 2.54 bits per heavy atom. The minimum Gasteiger partial charge on any atom is -0.340 e. The molecule has 1 aliphatic heterocycles. The summed E-state index contributed by atoms with van der Waals surface area (Å²) < 4.78 is 30.6. The lowest BCUT2D eigenvalue weighted by molar-refractivity contribution is -0.136. The van der Waals surface area contributed by atoms with Gasteiger partial charge in [-0.2, -0.15) is 14.5 Å². The summed E-state index contributed by atoms with van der Waals surface area (Å²) in [6.45, 7) is 2.60. The van der Waals surface area contributed by atoms with E-state index in [0.717, 1.165) is 5.69 Å². The molecule has 9 nitrogen and oxygen atoms in total. The van der Waals surface area contributed by atoms with Gasteiger partial charge in [-0.1, -0.05) is 11.6 Å². The summed E-state index contributed by atoms with van der Waals surface area (Å²) in [5, 5.41) is 8.62. The monoisotopic (exact) mass is 428 g/mol. The first kappa shape index (κ1) is 20.8. The molecule has 11 heteroatoms. The van der Waals surface area contributed by atoms with Crippen molar-refractivity contribution in [2.75, 3.05) is 20.1 Å². The lowest BCUT2D eigenvalue weighted by atomic mass is 9.98. The van der Waals surface area contributed by atoms with Crippen LogP contribution in [-0.4, -0.2) is 63.2 Å². The molecular formula is C17H25ClN6O3S. The van der Waals surface area contributed by atoms with Crippen LogP contribution in [0.3, 0.4) is 0 Å². The van der Waals surface area contributed by atoms with Crippen LogP contribution in [-0.2, 0) is 35.5 Å². The first-order valence-corrected chi connectivity index (χ1v) is 10.8. The Morgan fingerprint density at radius 1 is 1.29 bits per heavy atom. The molecule has 0 aliphatic carbocycles. The van der Waals surface area contributed by atoms with Gasteiger partial charge in [-0.05, 0) is 19.8 Å². The van der Waals surface area contributed by atoms with Crippen molar-refractivity contribution in [3.63, 3.8) is 0 Å². The van der Waals surface area contributed by atoms with E-state index < -0.39 is 15.9 Å². The van der Waals surface area contributed by atoms with E-state index in [2.05, 4.69) is 10.2 Å². The lowest BCUT2D eigenvalue weighted by Gasteiger charge is -2.33. The van der Waals surface area contributed by atoms with Crippen molar-refractivity contribution in [3.05, 3.63) is 28.8 Å². The number of rotatable bonds is 5. The third-order valence-electron chi connectivity index (χ3n) is 5.32. The van der Waals surface area contributed by atoms with Crippen LogP contribution < -0.4 is 0 Å². The average molecular weight is 429 g/mol. The van der Waals surface area contributed by atoms with E-state index >= 15 is 0 Å². The highest BCUT2D eigenvalue weighted by molar-refractivity contribution is 7.89. The maximum absolute atomic E-state index is 13.0. The number of nitrogens with zero attached hydrogens (tertiary/aromatic N) is 6. The Balaban J connectivity index is 1.74. The quantitative estimate of drug-likeness (QED) is 0.712. The average Bonchev–Trinajstić information content (AvgIpc) is 3.17. The smallest absolute Gasteiger partial charge is 0.246 e. The first-order valence-electron chi connectivity index (χ1n) is 9.03. The minimum absolute atomic E-state index is 0.0972. The fraction of sp³-hybridized carbons (Fsp3) is 0.588. The number of amides is 1. The van der Waals surface area contributed by atoms with Gasteiger partial charge in [-0.15, -0.1) is 0 Å². The number of sulfonamides is 1. The second-order valence-electron chi connectivity index (χ2n) is 7.18. The molecule has 1 fully saturated rings. The summed E-state index contributed by atoms with van der Waals surface area (Å²) in [6.07, 6.45) is 4.20. The molecule has 2 aromatic rings. The fourth-order valence-corrected chi connectivity index (χ4v) is 5.40. The molecule has 0 radical (unpaired) electrons. The zero-order valence-corrected chi connectivity index (χ0v) is 18.0. The van der Waals surface area contributed by atoms with Crippen molar-refractivity contribution in [3.8, 4) is 0 Å². The van der Waals surface area contributed by atoms with Gasteiger partial charge in [-0.25, -0.2) is 8.42 Å². The van der Waals surface area contributed by atoms with E-state index in [4.69, 9.17) is 11.6 Å². The Labute approximate surface area is 169 Å². The first-order chi connectivity index (χ1) is 13.1. The SMILES string of the molecule is Cc1c(S(=O)(=O)N2CCCC(C(=O)N(C)Cc3c(Cl)cnn3C)C2)cnn1C. The zero-order valence-electron chi connectivity index (χ0n) is 16.5. The minimum atomic E-state index is -3.68. The Hall–Kier alpha value is -1.91. The summed E-state index contributed by atoms with van der Waals surface area (Å²) in [4.78, 5) is 14.7. The third kappa shape index (κ3) is 3.81. The molecule has 154 valence electrons. The molecule has 28 heavy (non-hydrogen) atoms. The lowest BCUT2D eigenvalue weighted by Crippen LogP contribution is -2.45. The summed E-state index contributed by atoms with van der Waals surface area (Å²) in [5.74, 6) is -0.488. The molecule has 0 bridgehead atoms. The van der Waals surface area contributed by atoms with Crippen LogP contribution in [0.15, 0.2) is 17.3 Å². The highest BCUT2D eigenvalue weighted by Gasteiger charge is 2.36. The third-order valence-corrected chi connectivity index (χ3v) is 7.60. The molecule has 3 rings (SSSR count). The Morgan fingerprint density at radius 2 is 1.96 bits per heavy atom. The van der Waals surface area contributed by atoms with Gasteiger partial charge in [0, 0.05) is 34.2 Å². The van der Waals surface area contributed by atoms with Gasteiger partial charge in [0.1, 0.15) is 4.90 Å². The largest absolute Gasteiger partial charge is 0.340 e. The summed E-state index contributed by atoms with van der Waals surface area (Å²) in [5.41, 5.74) is 1.32. The number of carbonyl (C=O) groups is 1. The molecular weight excluding hydrogens is 404 g/mol. The molecule has 2 aromatic heterocycles. The number of halogens is 1. The van der Waals surface area contributed by atoms with Gasteiger partial charge in [0.15, 0.2) is 0 Å². The van der Waals surface area contributed by atoms with Crippen LogP contribution in [0.4, 0.5) is 0 Å². The van der Waals surface area contributed by atoms with Crippen molar-refractivity contribution in [1.29, 1.82) is 0 Å². The molecule has 0 N–H and O–H groups in total.